The maximum Gasteiger partial charge on any atom is 0.331 e. The molecule has 3 nitrogen and oxygen atoms in total. The third-order valence-corrected chi connectivity index (χ3v) is 5.57. The van der Waals surface area contributed by atoms with Crippen molar-refractivity contribution >= 4 is 34.9 Å². The summed E-state index contributed by atoms with van der Waals surface area (Å²) in [6, 6.07) is 22.7. The van der Waals surface area contributed by atoms with Gasteiger partial charge in [0.1, 0.15) is 11.2 Å². The SMILES string of the molecule is CC(C)(O)C(C)(C)O[B]c1ccc2c(c1)oc1ccc(-c3ccccc3)cc12. The topological polar surface area (TPSA) is 42.6 Å². The summed E-state index contributed by atoms with van der Waals surface area (Å²) in [5.74, 6) is 0. The highest BCUT2D eigenvalue weighted by atomic mass is 16.5. The third kappa shape index (κ3) is 3.46. The van der Waals surface area contributed by atoms with E-state index < -0.39 is 11.2 Å². The molecule has 141 valence electrons. The summed E-state index contributed by atoms with van der Waals surface area (Å²) >= 11 is 0. The van der Waals surface area contributed by atoms with E-state index in [9.17, 15) is 5.11 Å². The summed E-state index contributed by atoms with van der Waals surface area (Å²) in [4.78, 5) is 0. The van der Waals surface area contributed by atoms with E-state index in [4.69, 9.17) is 9.07 Å². The molecule has 0 aliphatic carbocycles. The van der Waals surface area contributed by atoms with Gasteiger partial charge >= 0.3 is 7.48 Å². The van der Waals surface area contributed by atoms with Crippen LogP contribution in [0.25, 0.3) is 33.1 Å². The normalized spacial score (nSPS) is 12.6. The second-order valence-electron chi connectivity index (χ2n) is 8.24. The molecule has 0 atom stereocenters. The molecular weight excluding hydrogens is 347 g/mol. The van der Waals surface area contributed by atoms with E-state index in [1.54, 1.807) is 21.3 Å². The average Bonchev–Trinajstić information content (AvgIpc) is 3.03. The van der Waals surface area contributed by atoms with Crippen LogP contribution in [0.4, 0.5) is 0 Å². The maximum atomic E-state index is 10.2. The maximum absolute atomic E-state index is 10.2. The van der Waals surface area contributed by atoms with Crippen molar-refractivity contribution in [3.05, 3.63) is 66.7 Å². The molecule has 0 bridgehead atoms. The zero-order valence-corrected chi connectivity index (χ0v) is 16.7. The van der Waals surface area contributed by atoms with E-state index in [1.807, 2.05) is 50.2 Å². The minimum Gasteiger partial charge on any atom is -0.456 e. The van der Waals surface area contributed by atoms with Gasteiger partial charge < -0.3 is 14.2 Å². The van der Waals surface area contributed by atoms with E-state index in [2.05, 4.69) is 30.3 Å². The molecule has 1 aromatic heterocycles. The van der Waals surface area contributed by atoms with Gasteiger partial charge in [0.2, 0.25) is 0 Å². The van der Waals surface area contributed by atoms with Gasteiger partial charge in [-0.05, 0) is 62.5 Å². The van der Waals surface area contributed by atoms with Crippen LogP contribution in [-0.2, 0) is 4.65 Å². The average molecular weight is 371 g/mol. The minimum atomic E-state index is -0.958. The van der Waals surface area contributed by atoms with Crippen molar-refractivity contribution in [2.24, 2.45) is 0 Å². The lowest BCUT2D eigenvalue weighted by molar-refractivity contribution is -0.0893. The van der Waals surface area contributed by atoms with Crippen LogP contribution in [0, 0.1) is 0 Å². The van der Waals surface area contributed by atoms with Crippen molar-refractivity contribution in [3.63, 3.8) is 0 Å². The molecule has 0 unspecified atom stereocenters. The van der Waals surface area contributed by atoms with Crippen molar-refractivity contribution in [3.8, 4) is 11.1 Å². The van der Waals surface area contributed by atoms with E-state index >= 15 is 0 Å². The van der Waals surface area contributed by atoms with Gasteiger partial charge in [0.05, 0.1) is 11.2 Å². The minimum absolute atomic E-state index is 0.708. The summed E-state index contributed by atoms with van der Waals surface area (Å²) in [6.45, 7) is 7.23. The fourth-order valence-electron chi connectivity index (χ4n) is 3.04. The number of hydrogen-bond donors (Lipinski definition) is 1. The molecule has 0 amide bonds. The number of rotatable bonds is 5. The molecule has 28 heavy (non-hydrogen) atoms. The first kappa shape index (κ1) is 18.8. The molecule has 3 aromatic carbocycles. The van der Waals surface area contributed by atoms with Crippen molar-refractivity contribution in [2.75, 3.05) is 0 Å². The highest BCUT2D eigenvalue weighted by Gasteiger charge is 2.35. The Morgan fingerprint density at radius 3 is 2.25 bits per heavy atom. The lowest BCUT2D eigenvalue weighted by Crippen LogP contribution is -2.49. The number of aliphatic hydroxyl groups is 1. The van der Waals surface area contributed by atoms with Gasteiger partial charge in [-0.2, -0.15) is 0 Å². The number of furan rings is 1. The van der Waals surface area contributed by atoms with Crippen molar-refractivity contribution in [2.45, 2.75) is 38.9 Å². The molecule has 0 saturated heterocycles. The Hall–Kier alpha value is -2.56. The first-order valence-corrected chi connectivity index (χ1v) is 9.50. The van der Waals surface area contributed by atoms with Crippen LogP contribution in [0.15, 0.2) is 71.1 Å². The molecule has 4 heteroatoms. The van der Waals surface area contributed by atoms with E-state index in [1.165, 1.54) is 11.1 Å². The largest absolute Gasteiger partial charge is 0.456 e. The third-order valence-electron chi connectivity index (χ3n) is 5.57. The Morgan fingerprint density at radius 1 is 0.786 bits per heavy atom. The number of hydrogen-bond acceptors (Lipinski definition) is 3. The fraction of sp³-hybridized carbons (Fsp3) is 0.250. The Labute approximate surface area is 166 Å². The second kappa shape index (κ2) is 6.80. The van der Waals surface area contributed by atoms with Crippen LogP contribution in [0.2, 0.25) is 0 Å². The van der Waals surface area contributed by atoms with E-state index in [-0.39, 0.29) is 0 Å². The first-order valence-electron chi connectivity index (χ1n) is 9.50. The first-order chi connectivity index (χ1) is 13.2. The van der Waals surface area contributed by atoms with Crippen molar-refractivity contribution in [1.29, 1.82) is 0 Å². The van der Waals surface area contributed by atoms with Crippen LogP contribution in [0.3, 0.4) is 0 Å². The molecule has 4 rings (SSSR count). The zero-order chi connectivity index (χ0) is 19.9. The van der Waals surface area contributed by atoms with Crippen LogP contribution in [-0.4, -0.2) is 23.8 Å². The van der Waals surface area contributed by atoms with Gasteiger partial charge in [-0.3, -0.25) is 0 Å². The van der Waals surface area contributed by atoms with Crippen LogP contribution in [0.5, 0.6) is 0 Å². The molecule has 1 radical (unpaired) electrons. The summed E-state index contributed by atoms with van der Waals surface area (Å²) in [7, 11) is 1.68. The van der Waals surface area contributed by atoms with Gasteiger partial charge in [0.25, 0.3) is 0 Å². The number of benzene rings is 3. The molecule has 0 saturated carbocycles. The van der Waals surface area contributed by atoms with Crippen molar-refractivity contribution in [1.82, 2.24) is 0 Å². The molecule has 0 fully saturated rings. The molecular formula is C24H24BO3. The predicted octanol–water partition coefficient (Wildman–Crippen LogP) is 5.06. The van der Waals surface area contributed by atoms with Gasteiger partial charge in [-0.15, -0.1) is 0 Å². The Kier molecular flexibility index (Phi) is 4.57. The molecule has 1 heterocycles. The van der Waals surface area contributed by atoms with Crippen LogP contribution < -0.4 is 5.46 Å². The van der Waals surface area contributed by atoms with E-state index in [0.717, 1.165) is 27.4 Å². The van der Waals surface area contributed by atoms with E-state index in [0.29, 0.717) is 0 Å². The van der Waals surface area contributed by atoms with Crippen LogP contribution >= 0.6 is 0 Å². The monoisotopic (exact) mass is 371 g/mol. The second-order valence-corrected chi connectivity index (χ2v) is 8.24. The molecule has 0 aliphatic heterocycles. The highest BCUT2D eigenvalue weighted by molar-refractivity contribution is 6.47. The summed E-state index contributed by atoms with van der Waals surface area (Å²) in [5, 5.41) is 12.4. The molecule has 1 N–H and O–H groups in total. The van der Waals surface area contributed by atoms with Gasteiger partial charge in [0, 0.05) is 10.8 Å². The van der Waals surface area contributed by atoms with Crippen LogP contribution in [0.1, 0.15) is 27.7 Å². The Balaban J connectivity index is 1.66. The molecule has 0 spiro atoms. The Morgan fingerprint density at radius 2 is 1.54 bits per heavy atom. The van der Waals surface area contributed by atoms with Gasteiger partial charge in [0.15, 0.2) is 0 Å². The van der Waals surface area contributed by atoms with Gasteiger partial charge in [-0.1, -0.05) is 48.5 Å². The fourth-order valence-corrected chi connectivity index (χ4v) is 3.04. The summed E-state index contributed by atoms with van der Waals surface area (Å²) in [6.07, 6.45) is 0. The molecule has 4 aromatic rings. The zero-order valence-electron chi connectivity index (χ0n) is 16.7. The lowest BCUT2D eigenvalue weighted by atomic mass is 9.82. The van der Waals surface area contributed by atoms with Crippen molar-refractivity contribution < 1.29 is 14.2 Å². The smallest absolute Gasteiger partial charge is 0.331 e. The summed E-state index contributed by atoms with van der Waals surface area (Å²) < 4.78 is 11.9. The van der Waals surface area contributed by atoms with Gasteiger partial charge in [-0.25, -0.2) is 0 Å². The molecule has 0 aliphatic rings. The highest BCUT2D eigenvalue weighted by Crippen LogP contribution is 2.32. The Bertz CT molecular complexity index is 1120. The number of fused-ring (bicyclic) bond motifs is 3. The quantitative estimate of drug-likeness (QED) is 0.499. The standard InChI is InChI=1S/C24H24BO3/c1-23(2,26)24(3,4)28-25-18-11-12-19-20-14-17(16-8-6-5-7-9-16)10-13-21(20)27-22(19)15-18/h5-15,26H,1-4H3. The summed E-state index contributed by atoms with van der Waals surface area (Å²) in [5.41, 5.74) is 3.27. The lowest BCUT2D eigenvalue weighted by Gasteiger charge is -2.37. The predicted molar refractivity (Wildman–Crippen MR) is 116 cm³/mol.